The van der Waals surface area contributed by atoms with E-state index in [9.17, 15) is 4.79 Å². The first-order chi connectivity index (χ1) is 13.1. The van der Waals surface area contributed by atoms with Gasteiger partial charge in [-0.05, 0) is 44.0 Å². The second-order valence-electron chi connectivity index (χ2n) is 8.03. The molecule has 0 aliphatic carbocycles. The summed E-state index contributed by atoms with van der Waals surface area (Å²) >= 11 is 0. The van der Waals surface area contributed by atoms with Crippen molar-refractivity contribution in [1.29, 1.82) is 0 Å². The molecule has 3 aromatic rings. The van der Waals surface area contributed by atoms with E-state index in [-0.39, 0.29) is 31.6 Å². The number of nitrogens with zero attached hydrogens (tertiary/aromatic N) is 1. The first-order valence-corrected chi connectivity index (χ1v) is 12.8. The van der Waals surface area contributed by atoms with Crippen LogP contribution in [0.3, 0.4) is 0 Å². The second-order valence-corrected chi connectivity index (χ2v) is 13.1. The Hall–Kier alpha value is -2.07. The fourth-order valence-corrected chi connectivity index (χ4v) is 3.83. The SMILES string of the molecule is CC(=O)/C=C(/C)O.Cc1ccc2nc(-c3[c-]cc([Si](C)(C)C)cc3)ccc2c1.[Ir]. The van der Waals surface area contributed by atoms with Gasteiger partial charge >= 0.3 is 0 Å². The number of hydrogen-bond acceptors (Lipinski definition) is 3. The molecule has 0 atom stereocenters. The molecule has 0 unspecified atom stereocenters. The average molecular weight is 583 g/mol. The van der Waals surface area contributed by atoms with Gasteiger partial charge in [0.2, 0.25) is 0 Å². The number of aliphatic hydroxyl groups is 1. The van der Waals surface area contributed by atoms with E-state index in [1.807, 2.05) is 0 Å². The number of hydrogen-bond donors (Lipinski definition) is 1. The van der Waals surface area contributed by atoms with Gasteiger partial charge in [0.25, 0.3) is 0 Å². The summed E-state index contributed by atoms with van der Waals surface area (Å²) in [5.41, 5.74) is 4.37. The van der Waals surface area contributed by atoms with Gasteiger partial charge in [0, 0.05) is 34.3 Å². The number of aliphatic hydroxyl groups excluding tert-OH is 1. The van der Waals surface area contributed by atoms with Crippen molar-refractivity contribution >= 4 is 29.9 Å². The number of rotatable bonds is 3. The van der Waals surface area contributed by atoms with Crippen LogP contribution in [0.4, 0.5) is 0 Å². The Balaban J connectivity index is 0.000000456. The van der Waals surface area contributed by atoms with Gasteiger partial charge in [0.1, 0.15) is 0 Å². The maximum absolute atomic E-state index is 10.0. The van der Waals surface area contributed by atoms with Crippen molar-refractivity contribution in [2.24, 2.45) is 0 Å². The number of aryl methyl sites for hydroxylation is 1. The van der Waals surface area contributed by atoms with Crippen LogP contribution < -0.4 is 5.19 Å². The summed E-state index contributed by atoms with van der Waals surface area (Å²) < 4.78 is 0. The molecular formula is C24H28IrNO2Si-. The minimum atomic E-state index is -1.26. The Morgan fingerprint density at radius 3 is 2.24 bits per heavy atom. The zero-order valence-electron chi connectivity index (χ0n) is 17.8. The van der Waals surface area contributed by atoms with Gasteiger partial charge in [-0.15, -0.1) is 35.0 Å². The van der Waals surface area contributed by atoms with Gasteiger partial charge < -0.3 is 5.11 Å². The van der Waals surface area contributed by atoms with Gasteiger partial charge in [-0.1, -0.05) is 43.4 Å². The first-order valence-electron chi connectivity index (χ1n) is 9.34. The van der Waals surface area contributed by atoms with Gasteiger partial charge in [0.15, 0.2) is 5.78 Å². The van der Waals surface area contributed by atoms with E-state index in [2.05, 4.69) is 81.2 Å². The van der Waals surface area contributed by atoms with Gasteiger partial charge in [0.05, 0.1) is 11.3 Å². The summed E-state index contributed by atoms with van der Waals surface area (Å²) in [7, 11) is -1.26. The van der Waals surface area contributed by atoms with Crippen molar-refractivity contribution in [2.75, 3.05) is 0 Å². The van der Waals surface area contributed by atoms with Crippen molar-refractivity contribution in [2.45, 2.75) is 40.4 Å². The molecule has 1 aromatic heterocycles. The fraction of sp³-hybridized carbons (Fsp3) is 0.250. The number of benzene rings is 2. The fourth-order valence-electron chi connectivity index (χ4n) is 2.74. The van der Waals surface area contributed by atoms with E-state index in [1.54, 1.807) is 0 Å². The second kappa shape index (κ2) is 10.6. The molecule has 0 saturated carbocycles. The summed E-state index contributed by atoms with van der Waals surface area (Å²) in [6.45, 7) is 12.0. The van der Waals surface area contributed by atoms with Crippen LogP contribution in [0.2, 0.25) is 19.6 Å². The average Bonchev–Trinajstić information content (AvgIpc) is 2.60. The molecule has 29 heavy (non-hydrogen) atoms. The first kappa shape index (κ1) is 25.0. The van der Waals surface area contributed by atoms with Crippen molar-refractivity contribution < 1.29 is 30.0 Å². The molecule has 5 heteroatoms. The van der Waals surface area contributed by atoms with Crippen LogP contribution in [-0.4, -0.2) is 23.9 Å². The number of pyridine rings is 1. The van der Waals surface area contributed by atoms with Crippen LogP contribution in [0.5, 0.6) is 0 Å². The summed E-state index contributed by atoms with van der Waals surface area (Å²) in [5, 5.41) is 11.0. The van der Waals surface area contributed by atoms with E-state index in [1.165, 1.54) is 36.1 Å². The van der Waals surface area contributed by atoms with Gasteiger partial charge in [-0.2, -0.15) is 0 Å². The topological polar surface area (TPSA) is 50.2 Å². The Kier molecular flexibility index (Phi) is 9.15. The molecule has 3 nitrogen and oxygen atoms in total. The van der Waals surface area contributed by atoms with E-state index < -0.39 is 8.07 Å². The molecule has 0 aliphatic heterocycles. The minimum absolute atomic E-state index is 0. The van der Waals surface area contributed by atoms with E-state index in [4.69, 9.17) is 10.1 Å². The molecule has 3 rings (SSSR count). The Morgan fingerprint density at radius 2 is 1.76 bits per heavy atom. The molecule has 0 amide bonds. The van der Waals surface area contributed by atoms with E-state index >= 15 is 0 Å². The third-order valence-electron chi connectivity index (χ3n) is 4.21. The quantitative estimate of drug-likeness (QED) is 0.190. The number of carbonyl (C=O) groups is 1. The third kappa shape index (κ3) is 7.69. The van der Waals surface area contributed by atoms with Crippen LogP contribution in [0.1, 0.15) is 19.4 Å². The van der Waals surface area contributed by atoms with Gasteiger partial charge in [-0.25, -0.2) is 0 Å². The molecule has 1 radical (unpaired) electrons. The molecule has 155 valence electrons. The van der Waals surface area contributed by atoms with Crippen molar-refractivity contribution in [3.05, 3.63) is 72.0 Å². The smallest absolute Gasteiger partial charge is 0.155 e. The zero-order valence-corrected chi connectivity index (χ0v) is 21.2. The Bertz CT molecular complexity index is 1000. The zero-order chi connectivity index (χ0) is 20.9. The summed E-state index contributed by atoms with van der Waals surface area (Å²) in [5.74, 6) is -0.0625. The monoisotopic (exact) mass is 583 g/mol. The largest absolute Gasteiger partial charge is 0.512 e. The van der Waals surface area contributed by atoms with E-state index in [0.29, 0.717) is 0 Å². The van der Waals surface area contributed by atoms with E-state index in [0.717, 1.165) is 16.8 Å². The minimum Gasteiger partial charge on any atom is -0.512 e. The molecule has 0 bridgehead atoms. The molecule has 2 aromatic carbocycles. The maximum Gasteiger partial charge on any atom is 0.155 e. The number of aromatic nitrogens is 1. The number of carbonyl (C=O) groups excluding carboxylic acids is 1. The number of ketones is 1. The predicted octanol–water partition coefficient (Wildman–Crippen LogP) is 5.59. The van der Waals surface area contributed by atoms with Crippen LogP contribution in [0.25, 0.3) is 22.2 Å². The molecule has 0 saturated heterocycles. The Morgan fingerprint density at radius 1 is 1.07 bits per heavy atom. The molecule has 0 spiro atoms. The predicted molar refractivity (Wildman–Crippen MR) is 121 cm³/mol. The van der Waals surface area contributed by atoms with Crippen LogP contribution in [0.15, 0.2) is 60.4 Å². The number of allylic oxidation sites excluding steroid dienone is 2. The maximum atomic E-state index is 10.0. The summed E-state index contributed by atoms with van der Waals surface area (Å²) in [6, 6.07) is 20.5. The third-order valence-corrected chi connectivity index (χ3v) is 6.25. The van der Waals surface area contributed by atoms with Crippen molar-refractivity contribution in [3.63, 3.8) is 0 Å². The Labute approximate surface area is 188 Å². The van der Waals surface area contributed by atoms with Crippen LogP contribution in [0, 0.1) is 13.0 Å². The molecule has 0 aliphatic rings. The van der Waals surface area contributed by atoms with Crippen molar-refractivity contribution in [1.82, 2.24) is 4.98 Å². The van der Waals surface area contributed by atoms with Crippen molar-refractivity contribution in [3.8, 4) is 11.3 Å². The molecule has 0 fully saturated rings. The summed E-state index contributed by atoms with van der Waals surface area (Å²) in [4.78, 5) is 14.8. The molecule has 1 heterocycles. The number of fused-ring (bicyclic) bond motifs is 1. The van der Waals surface area contributed by atoms with Crippen LogP contribution >= 0.6 is 0 Å². The summed E-state index contributed by atoms with van der Waals surface area (Å²) in [6.07, 6.45) is 1.17. The van der Waals surface area contributed by atoms with Crippen LogP contribution in [-0.2, 0) is 24.9 Å². The standard InChI is InChI=1S/C19H20NSi.C5H8O2.Ir/c1-14-5-11-19-16(13-14)8-12-18(20-19)15-6-9-17(10-7-15)21(2,3)4;1-4(6)3-5(2)7;/h5-6,8-13H,1-4H3;3,6H,1-2H3;/q-1;;/b;4-3-;. The molecular weight excluding hydrogens is 555 g/mol. The van der Waals surface area contributed by atoms with Gasteiger partial charge in [-0.3, -0.25) is 9.78 Å². The normalized spacial score (nSPS) is 11.3. The molecule has 1 N–H and O–H groups in total.